The van der Waals surface area contributed by atoms with E-state index in [9.17, 15) is 4.79 Å². The first-order valence-corrected chi connectivity index (χ1v) is 14.8. The van der Waals surface area contributed by atoms with Crippen molar-refractivity contribution in [1.29, 1.82) is 0 Å². The molecule has 2 fully saturated rings. The van der Waals surface area contributed by atoms with E-state index in [0.717, 1.165) is 18.7 Å². The van der Waals surface area contributed by atoms with Crippen molar-refractivity contribution in [2.45, 2.75) is 17.1 Å². The minimum Gasteiger partial charge on any atom is -0.497 e. The number of methoxy groups -OCH3 is 4. The molecule has 1 saturated carbocycles. The van der Waals surface area contributed by atoms with Crippen LogP contribution in [0.25, 0.3) is 0 Å². The van der Waals surface area contributed by atoms with Gasteiger partial charge in [-0.1, -0.05) is 42.5 Å². The summed E-state index contributed by atoms with van der Waals surface area (Å²) in [6.07, 6.45) is 0. The molecule has 10 heteroatoms. The van der Waals surface area contributed by atoms with E-state index in [-0.39, 0.29) is 5.78 Å². The van der Waals surface area contributed by atoms with Crippen LogP contribution in [0.4, 0.5) is 0 Å². The van der Waals surface area contributed by atoms with Gasteiger partial charge in [0.15, 0.2) is 16.9 Å². The van der Waals surface area contributed by atoms with Crippen molar-refractivity contribution in [2.75, 3.05) is 67.8 Å². The van der Waals surface area contributed by atoms with Gasteiger partial charge in [-0.15, -0.1) is 0 Å². The number of hydrogen-bond acceptors (Lipinski definition) is 10. The van der Waals surface area contributed by atoms with E-state index in [1.165, 1.54) is 7.11 Å². The zero-order valence-corrected chi connectivity index (χ0v) is 25.5. The van der Waals surface area contributed by atoms with Crippen LogP contribution in [-0.4, -0.2) is 84.5 Å². The molecule has 0 aromatic heterocycles. The highest BCUT2D eigenvalue weighted by Crippen LogP contribution is 2.69. The number of hydrogen-bond donors (Lipinski definition) is 1. The Morgan fingerprint density at radius 1 is 0.932 bits per heavy atom. The Bertz CT molecular complexity index is 1510. The molecule has 1 N–H and O–H groups in total. The molecule has 0 radical (unpaired) electrons. The van der Waals surface area contributed by atoms with Crippen LogP contribution in [0.3, 0.4) is 0 Å². The zero-order chi connectivity index (χ0) is 30.9. The van der Waals surface area contributed by atoms with Gasteiger partial charge >= 0.3 is 5.97 Å². The number of Topliss-reactive ketones (excluding diaryl/α,β-unsaturated/α-hetero) is 1. The molecule has 4 atom stereocenters. The van der Waals surface area contributed by atoms with Crippen LogP contribution in [0, 0.1) is 5.92 Å². The molecule has 1 saturated heterocycles. The molecule has 0 bridgehead atoms. The second-order valence-electron chi connectivity index (χ2n) is 11.2. The molecule has 2 heterocycles. The first-order chi connectivity index (χ1) is 21.4. The van der Waals surface area contributed by atoms with Crippen LogP contribution in [0.2, 0.25) is 0 Å². The summed E-state index contributed by atoms with van der Waals surface area (Å²) in [6, 6.07) is 20.5. The highest BCUT2D eigenvalue weighted by molar-refractivity contribution is 6.10. The van der Waals surface area contributed by atoms with E-state index in [4.69, 9.17) is 28.4 Å². The van der Waals surface area contributed by atoms with E-state index >= 15 is 4.79 Å². The van der Waals surface area contributed by atoms with Crippen molar-refractivity contribution in [2.24, 2.45) is 5.92 Å². The Labute approximate surface area is 257 Å². The van der Waals surface area contributed by atoms with Gasteiger partial charge in [-0.2, -0.15) is 0 Å². The third-order valence-corrected chi connectivity index (χ3v) is 9.18. The van der Waals surface area contributed by atoms with Gasteiger partial charge < -0.3 is 28.4 Å². The summed E-state index contributed by atoms with van der Waals surface area (Å²) in [5.41, 5.74) is -0.981. The summed E-state index contributed by atoms with van der Waals surface area (Å²) in [7, 11) is 6.03. The number of morpholine rings is 1. The van der Waals surface area contributed by atoms with Crippen molar-refractivity contribution in [3.8, 4) is 23.0 Å². The van der Waals surface area contributed by atoms with Crippen molar-refractivity contribution in [3.05, 3.63) is 83.4 Å². The Morgan fingerprint density at radius 2 is 1.64 bits per heavy atom. The molecule has 0 spiro atoms. The first kappa shape index (κ1) is 29.9. The maximum Gasteiger partial charge on any atom is 0.317 e. The Kier molecular flexibility index (Phi) is 8.24. The number of esters is 1. The third kappa shape index (κ3) is 4.51. The number of benzene rings is 3. The summed E-state index contributed by atoms with van der Waals surface area (Å²) in [4.78, 5) is 31.3. The normalized spacial score (nSPS) is 26.0. The maximum absolute atomic E-state index is 15.3. The lowest BCUT2D eigenvalue weighted by atomic mass is 9.68. The monoisotopic (exact) mass is 602 g/mol. The highest BCUT2D eigenvalue weighted by atomic mass is 16.5. The number of nitrogens with zero attached hydrogens (tertiary/aromatic N) is 1. The van der Waals surface area contributed by atoms with Crippen molar-refractivity contribution in [1.82, 2.24) is 10.2 Å². The van der Waals surface area contributed by atoms with Crippen LogP contribution in [0.1, 0.15) is 22.6 Å². The van der Waals surface area contributed by atoms with E-state index < -0.39 is 28.9 Å². The number of carbonyl (C=O) groups excluding carboxylic acids is 2. The summed E-state index contributed by atoms with van der Waals surface area (Å²) in [5, 5.41) is 3.68. The van der Waals surface area contributed by atoms with Gasteiger partial charge in [0.2, 0.25) is 0 Å². The Balaban J connectivity index is 1.64. The molecule has 3 aromatic carbocycles. The summed E-state index contributed by atoms with van der Waals surface area (Å²) >= 11 is 0. The van der Waals surface area contributed by atoms with Crippen LogP contribution in [0.5, 0.6) is 23.0 Å². The van der Waals surface area contributed by atoms with Gasteiger partial charge in [0.25, 0.3) is 0 Å². The summed E-state index contributed by atoms with van der Waals surface area (Å²) in [5.74, 6) is -0.904. The van der Waals surface area contributed by atoms with E-state index in [1.54, 1.807) is 33.5 Å². The quantitative estimate of drug-likeness (QED) is 0.275. The SMILES string of the molecule is COC(=O)[C@H]1C(=O)[C@@]2(NCCN3CCOCC3)c3c(OC)cc(OC)cc3O[C@@]2(c2ccc(OC)cc2)[C@@H]1c1ccccc1. The van der Waals surface area contributed by atoms with Gasteiger partial charge in [0.05, 0.1) is 53.1 Å². The summed E-state index contributed by atoms with van der Waals surface area (Å²) in [6.45, 7) is 3.97. The molecule has 232 valence electrons. The molecule has 0 amide bonds. The Morgan fingerprint density at radius 3 is 2.27 bits per heavy atom. The van der Waals surface area contributed by atoms with Gasteiger partial charge in [-0.05, 0) is 23.3 Å². The molecular weight excluding hydrogens is 564 g/mol. The van der Waals surface area contributed by atoms with Gasteiger partial charge in [-0.25, -0.2) is 0 Å². The fourth-order valence-electron chi connectivity index (χ4n) is 7.24. The average molecular weight is 603 g/mol. The van der Waals surface area contributed by atoms with Crippen LogP contribution < -0.4 is 24.3 Å². The maximum atomic E-state index is 15.3. The lowest BCUT2D eigenvalue weighted by Gasteiger charge is -2.43. The Hall–Kier alpha value is -4.12. The van der Waals surface area contributed by atoms with Crippen molar-refractivity contribution in [3.63, 3.8) is 0 Å². The number of rotatable bonds is 10. The largest absolute Gasteiger partial charge is 0.497 e. The number of ether oxygens (including phenoxy) is 6. The van der Waals surface area contributed by atoms with Gasteiger partial charge in [-0.3, -0.25) is 19.8 Å². The predicted molar refractivity (Wildman–Crippen MR) is 161 cm³/mol. The van der Waals surface area contributed by atoms with Crippen LogP contribution in [0.15, 0.2) is 66.7 Å². The zero-order valence-electron chi connectivity index (χ0n) is 25.5. The van der Waals surface area contributed by atoms with Crippen molar-refractivity contribution < 1.29 is 38.0 Å². The van der Waals surface area contributed by atoms with E-state index in [2.05, 4.69) is 10.2 Å². The van der Waals surface area contributed by atoms with Crippen molar-refractivity contribution >= 4 is 11.8 Å². The minimum atomic E-state index is -1.54. The molecule has 3 aromatic rings. The number of nitrogens with one attached hydrogen (secondary N) is 1. The van der Waals surface area contributed by atoms with Gasteiger partial charge in [0, 0.05) is 38.3 Å². The van der Waals surface area contributed by atoms with E-state index in [1.807, 2.05) is 54.6 Å². The van der Waals surface area contributed by atoms with E-state index in [0.29, 0.717) is 60.4 Å². The smallest absolute Gasteiger partial charge is 0.317 e. The van der Waals surface area contributed by atoms with Crippen LogP contribution in [-0.2, 0) is 30.2 Å². The second-order valence-corrected chi connectivity index (χ2v) is 11.2. The highest BCUT2D eigenvalue weighted by Gasteiger charge is 2.78. The molecule has 44 heavy (non-hydrogen) atoms. The van der Waals surface area contributed by atoms with Gasteiger partial charge in [0.1, 0.15) is 28.9 Å². The number of carbonyl (C=O) groups is 2. The molecular formula is C34H38N2O8. The fourth-order valence-corrected chi connectivity index (χ4v) is 7.24. The molecule has 1 aliphatic carbocycles. The topological polar surface area (TPSA) is 105 Å². The number of ketones is 1. The van der Waals surface area contributed by atoms with Crippen LogP contribution >= 0.6 is 0 Å². The first-order valence-electron chi connectivity index (χ1n) is 14.8. The standard InChI is InChI=1S/C34H38N2O8/c1-39-24-12-10-23(11-13-24)34-29(22-8-6-5-7-9-22)28(32(38)42-4)31(37)33(34,35-14-15-36-16-18-43-19-17-36)30-26(41-3)20-25(40-2)21-27(30)44-34/h5-13,20-21,28-29,35H,14-19H2,1-4H3/t28-,29-,33+,34+/m1/s1. The average Bonchev–Trinajstić information content (AvgIpc) is 3.49. The lowest BCUT2D eigenvalue weighted by Crippen LogP contribution is -2.60. The molecule has 6 rings (SSSR count). The molecule has 10 nitrogen and oxygen atoms in total. The minimum absolute atomic E-state index is 0.349. The molecule has 2 aliphatic heterocycles. The lowest BCUT2D eigenvalue weighted by molar-refractivity contribution is -0.149. The fraction of sp³-hybridized carbons (Fsp3) is 0.412. The third-order valence-electron chi connectivity index (χ3n) is 9.18. The second kappa shape index (κ2) is 12.1. The molecule has 0 unspecified atom stereocenters. The molecule has 3 aliphatic rings. The summed E-state index contributed by atoms with van der Waals surface area (Å²) < 4.78 is 35.1. The predicted octanol–water partition coefficient (Wildman–Crippen LogP) is 3.27. The number of fused-ring (bicyclic) bond motifs is 3.